The van der Waals surface area contributed by atoms with Crippen LogP contribution < -0.4 is 0 Å². The smallest absolute Gasteiger partial charge is 0.462 e. The number of ether oxygens (including phenoxy) is 2. The number of phosphoric acid groups is 1. The highest BCUT2D eigenvalue weighted by Gasteiger charge is 2.27. The van der Waals surface area contributed by atoms with E-state index < -0.39 is 51.8 Å². The summed E-state index contributed by atoms with van der Waals surface area (Å²) in [5.41, 5.74) is 0. The summed E-state index contributed by atoms with van der Waals surface area (Å²) >= 11 is 0. The fourth-order valence-electron chi connectivity index (χ4n) is 4.57. The van der Waals surface area contributed by atoms with E-state index >= 15 is 0 Å². The first kappa shape index (κ1) is 50.1. The second-order valence-electron chi connectivity index (χ2n) is 12.6. The van der Waals surface area contributed by atoms with Crippen LogP contribution in [-0.4, -0.2) is 65.7 Å². The van der Waals surface area contributed by atoms with E-state index in [9.17, 15) is 24.2 Å². The molecular formula is C42H69O10P. The van der Waals surface area contributed by atoms with E-state index in [2.05, 4.69) is 73.1 Å². The minimum absolute atomic E-state index is 0.144. The number of aliphatic hydroxyl groups is 2. The van der Waals surface area contributed by atoms with Gasteiger partial charge in [-0.25, -0.2) is 4.57 Å². The maximum absolute atomic E-state index is 12.5. The highest BCUT2D eigenvalue weighted by Crippen LogP contribution is 2.43. The number of phosphoric ester groups is 1. The molecule has 0 rings (SSSR count). The normalized spacial score (nSPS) is 14.9. The minimum Gasteiger partial charge on any atom is -0.462 e. The van der Waals surface area contributed by atoms with Crippen LogP contribution in [0.3, 0.4) is 0 Å². The Morgan fingerprint density at radius 1 is 0.604 bits per heavy atom. The molecule has 0 bridgehead atoms. The molecule has 0 radical (unpaired) electrons. The van der Waals surface area contributed by atoms with Crippen LogP contribution in [-0.2, 0) is 32.7 Å². The van der Waals surface area contributed by atoms with Gasteiger partial charge in [-0.05, 0) is 70.6 Å². The first-order valence-electron chi connectivity index (χ1n) is 19.6. The van der Waals surface area contributed by atoms with Gasteiger partial charge in [-0.15, -0.1) is 0 Å². The lowest BCUT2D eigenvalue weighted by atomic mass is 10.1. The van der Waals surface area contributed by atoms with Crippen LogP contribution in [0.4, 0.5) is 0 Å². The number of esters is 2. The maximum atomic E-state index is 12.5. The molecule has 0 saturated carbocycles. The van der Waals surface area contributed by atoms with Crippen LogP contribution >= 0.6 is 7.82 Å². The average Bonchev–Trinajstić information content (AvgIpc) is 3.14. The quantitative estimate of drug-likeness (QED) is 0.0187. The van der Waals surface area contributed by atoms with Gasteiger partial charge in [0.2, 0.25) is 0 Å². The van der Waals surface area contributed by atoms with Crippen molar-refractivity contribution in [1.82, 2.24) is 0 Å². The maximum Gasteiger partial charge on any atom is 0.472 e. The van der Waals surface area contributed by atoms with Gasteiger partial charge in [0.15, 0.2) is 6.10 Å². The summed E-state index contributed by atoms with van der Waals surface area (Å²) in [6.07, 6.45) is 42.7. The molecule has 53 heavy (non-hydrogen) atoms. The highest BCUT2D eigenvalue weighted by molar-refractivity contribution is 7.47. The van der Waals surface area contributed by atoms with Gasteiger partial charge in [-0.3, -0.25) is 18.6 Å². The Morgan fingerprint density at radius 2 is 1.13 bits per heavy atom. The van der Waals surface area contributed by atoms with Gasteiger partial charge in [-0.1, -0.05) is 131 Å². The SMILES string of the molecule is CC/C=C/C=C/C=C/CCCCCCCC(=O)OC(COC(=O)CCC/C=C/C/C=C/C/C=C/C/C=C/CCCCC)COP(=O)(O)OC[C@@H](O)CO. The summed E-state index contributed by atoms with van der Waals surface area (Å²) in [5.74, 6) is -1.03. The molecule has 0 amide bonds. The molecule has 3 N–H and O–H groups in total. The Hall–Kier alpha value is -2.85. The summed E-state index contributed by atoms with van der Waals surface area (Å²) in [5, 5.41) is 18.3. The van der Waals surface area contributed by atoms with Crippen molar-refractivity contribution in [3.05, 3.63) is 85.1 Å². The van der Waals surface area contributed by atoms with Crippen molar-refractivity contribution in [3.8, 4) is 0 Å². The molecule has 2 unspecified atom stereocenters. The van der Waals surface area contributed by atoms with Crippen LogP contribution in [0.5, 0.6) is 0 Å². The number of rotatable bonds is 35. The second kappa shape index (κ2) is 37.5. The van der Waals surface area contributed by atoms with E-state index in [4.69, 9.17) is 19.1 Å². The predicted molar refractivity (Wildman–Crippen MR) is 214 cm³/mol. The summed E-state index contributed by atoms with van der Waals surface area (Å²) in [4.78, 5) is 34.8. The van der Waals surface area contributed by atoms with Gasteiger partial charge in [0.1, 0.15) is 12.7 Å². The third kappa shape index (κ3) is 37.3. The Labute approximate surface area is 320 Å². The van der Waals surface area contributed by atoms with Crippen molar-refractivity contribution < 1.29 is 47.8 Å². The van der Waals surface area contributed by atoms with Gasteiger partial charge in [0, 0.05) is 12.8 Å². The Bertz CT molecular complexity index is 1150. The van der Waals surface area contributed by atoms with E-state index in [1.807, 2.05) is 30.4 Å². The zero-order valence-electron chi connectivity index (χ0n) is 32.4. The first-order chi connectivity index (χ1) is 25.7. The van der Waals surface area contributed by atoms with E-state index in [-0.39, 0.29) is 19.4 Å². The van der Waals surface area contributed by atoms with E-state index in [0.29, 0.717) is 19.3 Å². The number of hydrogen-bond acceptors (Lipinski definition) is 9. The number of aliphatic hydroxyl groups excluding tert-OH is 2. The molecule has 11 heteroatoms. The lowest BCUT2D eigenvalue weighted by Gasteiger charge is -2.20. The number of allylic oxidation sites excluding steroid dienone is 14. The molecule has 0 aromatic carbocycles. The lowest BCUT2D eigenvalue weighted by Crippen LogP contribution is -2.29. The summed E-state index contributed by atoms with van der Waals surface area (Å²) in [7, 11) is -4.64. The van der Waals surface area contributed by atoms with Crippen molar-refractivity contribution in [2.24, 2.45) is 0 Å². The largest absolute Gasteiger partial charge is 0.472 e. The molecule has 10 nitrogen and oxygen atoms in total. The number of carbonyl (C=O) groups is 2. The molecular weight excluding hydrogens is 695 g/mol. The fraction of sp³-hybridized carbons (Fsp3) is 0.619. The molecule has 0 aromatic rings. The zero-order chi connectivity index (χ0) is 39.1. The number of unbranched alkanes of at least 4 members (excludes halogenated alkanes) is 9. The van der Waals surface area contributed by atoms with E-state index in [1.165, 1.54) is 19.3 Å². The van der Waals surface area contributed by atoms with Crippen LogP contribution in [0.1, 0.15) is 129 Å². The third-order valence-electron chi connectivity index (χ3n) is 7.59. The third-order valence-corrected chi connectivity index (χ3v) is 8.55. The van der Waals surface area contributed by atoms with Crippen LogP contribution in [0.25, 0.3) is 0 Å². The molecule has 302 valence electrons. The van der Waals surface area contributed by atoms with Crippen LogP contribution in [0.2, 0.25) is 0 Å². The summed E-state index contributed by atoms with van der Waals surface area (Å²) in [6, 6.07) is 0. The lowest BCUT2D eigenvalue weighted by molar-refractivity contribution is -0.161. The van der Waals surface area contributed by atoms with Crippen LogP contribution in [0.15, 0.2) is 85.1 Å². The standard InChI is InChI=1S/C42H69O10P/c1-3-5-7-9-11-13-15-17-18-19-20-22-23-25-27-29-31-33-41(45)49-37-40(38-51-53(47,48)50-36-39(44)35-43)52-42(46)34-32-30-28-26-24-21-16-14-12-10-8-6-4-2/h6,8,10-14,16-18,20,22,25,27,39-40,43-44H,3-5,7,9,15,19,21,23-24,26,28-38H2,1-2H3,(H,47,48)/b8-6+,12-10+,13-11+,16-14+,18-17+,22-20+,27-25+/t39-,40?/m0/s1. The molecule has 0 spiro atoms. The van der Waals surface area contributed by atoms with Gasteiger partial charge in [0.05, 0.1) is 19.8 Å². The molecule has 0 aliphatic carbocycles. The van der Waals surface area contributed by atoms with Gasteiger partial charge in [0.25, 0.3) is 0 Å². The fourth-order valence-corrected chi connectivity index (χ4v) is 5.36. The Kier molecular flexibility index (Phi) is 35.5. The van der Waals surface area contributed by atoms with Crippen molar-refractivity contribution in [3.63, 3.8) is 0 Å². The minimum atomic E-state index is -4.64. The van der Waals surface area contributed by atoms with Crippen molar-refractivity contribution in [2.75, 3.05) is 26.4 Å². The second-order valence-corrected chi connectivity index (χ2v) is 14.1. The molecule has 0 fully saturated rings. The monoisotopic (exact) mass is 764 g/mol. The van der Waals surface area contributed by atoms with Gasteiger partial charge < -0.3 is 24.6 Å². The molecule has 0 aliphatic heterocycles. The highest BCUT2D eigenvalue weighted by atomic mass is 31.2. The molecule has 0 aliphatic rings. The molecule has 3 atom stereocenters. The summed E-state index contributed by atoms with van der Waals surface area (Å²) < 4.78 is 32.5. The summed E-state index contributed by atoms with van der Waals surface area (Å²) in [6.45, 7) is 2.09. The number of hydrogen-bond donors (Lipinski definition) is 3. The Balaban J connectivity index is 4.50. The van der Waals surface area contributed by atoms with Crippen molar-refractivity contribution in [1.29, 1.82) is 0 Å². The number of carbonyl (C=O) groups excluding carboxylic acids is 2. The first-order valence-corrected chi connectivity index (χ1v) is 21.1. The van der Waals surface area contributed by atoms with E-state index in [0.717, 1.165) is 64.2 Å². The topological polar surface area (TPSA) is 149 Å². The molecule has 0 saturated heterocycles. The van der Waals surface area contributed by atoms with Crippen LogP contribution in [0, 0.1) is 0 Å². The van der Waals surface area contributed by atoms with Crippen molar-refractivity contribution in [2.45, 2.75) is 142 Å². The Morgan fingerprint density at radius 3 is 1.77 bits per heavy atom. The average molecular weight is 765 g/mol. The zero-order valence-corrected chi connectivity index (χ0v) is 33.3. The van der Waals surface area contributed by atoms with Crippen molar-refractivity contribution >= 4 is 19.8 Å². The molecule has 0 heterocycles. The predicted octanol–water partition coefficient (Wildman–Crippen LogP) is 9.88. The molecule has 0 aromatic heterocycles. The van der Waals surface area contributed by atoms with Gasteiger partial charge in [-0.2, -0.15) is 0 Å². The van der Waals surface area contributed by atoms with Gasteiger partial charge >= 0.3 is 19.8 Å². The van der Waals surface area contributed by atoms with E-state index in [1.54, 1.807) is 0 Å².